The van der Waals surface area contributed by atoms with Gasteiger partial charge in [0.15, 0.2) is 0 Å². The van der Waals surface area contributed by atoms with Crippen LogP contribution in [0.5, 0.6) is 0 Å². The van der Waals surface area contributed by atoms with Gasteiger partial charge in [-0.05, 0) is 30.5 Å². The van der Waals surface area contributed by atoms with Gasteiger partial charge in [-0.2, -0.15) is 0 Å². The molecule has 17 heavy (non-hydrogen) atoms. The number of amides is 1. The summed E-state index contributed by atoms with van der Waals surface area (Å²) in [5, 5.41) is 6.11. The molecule has 0 aliphatic carbocycles. The Morgan fingerprint density at radius 3 is 2.24 bits per heavy atom. The van der Waals surface area contributed by atoms with Crippen LogP contribution in [-0.2, 0) is 6.54 Å². The maximum Gasteiger partial charge on any atom is 0.251 e. The fourth-order valence-electron chi connectivity index (χ4n) is 1.76. The third kappa shape index (κ3) is 4.19. The van der Waals surface area contributed by atoms with Crippen molar-refractivity contribution in [3.05, 3.63) is 35.4 Å². The van der Waals surface area contributed by atoms with E-state index in [4.69, 9.17) is 0 Å². The molecule has 0 atom stereocenters. The molecule has 0 aromatic heterocycles. The third-order valence-corrected chi connectivity index (χ3v) is 3.02. The molecule has 0 saturated heterocycles. The van der Waals surface area contributed by atoms with Crippen LogP contribution in [0.3, 0.4) is 0 Å². The number of carbonyl (C=O) groups is 1. The van der Waals surface area contributed by atoms with Crippen LogP contribution in [0.2, 0.25) is 0 Å². The molecule has 0 heterocycles. The van der Waals surface area contributed by atoms with E-state index in [9.17, 15) is 4.79 Å². The number of hydrogen-bond acceptors (Lipinski definition) is 2. The Bertz CT molecular complexity index is 342. The van der Waals surface area contributed by atoms with Gasteiger partial charge in [-0.1, -0.05) is 26.0 Å². The van der Waals surface area contributed by atoms with E-state index in [0.717, 1.165) is 19.4 Å². The van der Waals surface area contributed by atoms with Gasteiger partial charge < -0.3 is 10.6 Å². The first-order valence-electron chi connectivity index (χ1n) is 6.25. The summed E-state index contributed by atoms with van der Waals surface area (Å²) in [6.45, 7) is 5.24. The fourth-order valence-corrected chi connectivity index (χ4v) is 1.76. The Labute approximate surface area is 104 Å². The van der Waals surface area contributed by atoms with E-state index >= 15 is 0 Å². The van der Waals surface area contributed by atoms with Gasteiger partial charge in [-0.25, -0.2) is 0 Å². The molecule has 1 aromatic carbocycles. The van der Waals surface area contributed by atoms with Crippen LogP contribution in [0.15, 0.2) is 24.3 Å². The van der Waals surface area contributed by atoms with Gasteiger partial charge in [0.05, 0.1) is 0 Å². The molecule has 1 aromatic rings. The van der Waals surface area contributed by atoms with Crippen molar-refractivity contribution in [3.8, 4) is 0 Å². The number of benzene rings is 1. The second-order valence-corrected chi connectivity index (χ2v) is 4.17. The van der Waals surface area contributed by atoms with Crippen molar-refractivity contribution in [1.29, 1.82) is 0 Å². The van der Waals surface area contributed by atoms with Gasteiger partial charge in [-0.15, -0.1) is 0 Å². The van der Waals surface area contributed by atoms with Crippen molar-refractivity contribution in [3.63, 3.8) is 0 Å². The quantitative estimate of drug-likeness (QED) is 0.793. The van der Waals surface area contributed by atoms with Crippen LogP contribution in [0.25, 0.3) is 0 Å². The van der Waals surface area contributed by atoms with Crippen LogP contribution in [0, 0.1) is 0 Å². The summed E-state index contributed by atoms with van der Waals surface area (Å²) in [7, 11) is 1.64. The van der Waals surface area contributed by atoms with E-state index in [0.29, 0.717) is 11.6 Å². The Hall–Kier alpha value is -1.35. The number of rotatable bonds is 6. The number of hydrogen-bond donors (Lipinski definition) is 2. The predicted molar refractivity (Wildman–Crippen MR) is 71.0 cm³/mol. The first-order chi connectivity index (χ1) is 8.21. The molecule has 0 aliphatic heterocycles. The molecule has 0 radical (unpaired) electrons. The molecule has 94 valence electrons. The Kier molecular flexibility index (Phi) is 5.70. The predicted octanol–water partition coefficient (Wildman–Crippen LogP) is 2.32. The van der Waals surface area contributed by atoms with Gasteiger partial charge >= 0.3 is 0 Å². The molecule has 0 bridgehead atoms. The van der Waals surface area contributed by atoms with Crippen molar-refractivity contribution in [1.82, 2.24) is 10.6 Å². The Morgan fingerprint density at radius 1 is 1.18 bits per heavy atom. The minimum absolute atomic E-state index is 0.0375. The molecule has 1 amide bonds. The highest BCUT2D eigenvalue weighted by atomic mass is 16.1. The van der Waals surface area contributed by atoms with E-state index in [1.807, 2.05) is 24.3 Å². The average Bonchev–Trinajstić information content (AvgIpc) is 2.39. The minimum atomic E-state index is -0.0375. The second-order valence-electron chi connectivity index (χ2n) is 4.17. The zero-order valence-electron chi connectivity index (χ0n) is 10.9. The van der Waals surface area contributed by atoms with Crippen molar-refractivity contribution in [2.75, 3.05) is 7.05 Å². The van der Waals surface area contributed by atoms with Crippen molar-refractivity contribution in [2.24, 2.45) is 0 Å². The summed E-state index contributed by atoms with van der Waals surface area (Å²) < 4.78 is 0. The summed E-state index contributed by atoms with van der Waals surface area (Å²) in [5.41, 5.74) is 1.92. The normalized spacial score (nSPS) is 10.6. The van der Waals surface area contributed by atoms with E-state index in [1.165, 1.54) is 5.56 Å². The molecule has 3 nitrogen and oxygen atoms in total. The van der Waals surface area contributed by atoms with E-state index in [-0.39, 0.29) is 5.91 Å². The zero-order chi connectivity index (χ0) is 12.7. The molecule has 0 unspecified atom stereocenters. The third-order valence-electron chi connectivity index (χ3n) is 3.02. The topological polar surface area (TPSA) is 41.1 Å². The lowest BCUT2D eigenvalue weighted by Gasteiger charge is -2.14. The van der Waals surface area contributed by atoms with Crippen LogP contribution < -0.4 is 10.6 Å². The van der Waals surface area contributed by atoms with E-state index < -0.39 is 0 Å². The summed E-state index contributed by atoms with van der Waals surface area (Å²) in [6.07, 6.45) is 2.29. The van der Waals surface area contributed by atoms with Crippen LogP contribution in [-0.4, -0.2) is 19.0 Å². The highest BCUT2D eigenvalue weighted by Gasteiger charge is 2.04. The zero-order valence-corrected chi connectivity index (χ0v) is 10.9. The highest BCUT2D eigenvalue weighted by Crippen LogP contribution is 2.05. The lowest BCUT2D eigenvalue weighted by Crippen LogP contribution is -2.27. The number of nitrogens with one attached hydrogen (secondary N) is 2. The van der Waals surface area contributed by atoms with Gasteiger partial charge in [0, 0.05) is 25.2 Å². The van der Waals surface area contributed by atoms with Crippen molar-refractivity contribution >= 4 is 5.91 Å². The smallest absolute Gasteiger partial charge is 0.251 e. The van der Waals surface area contributed by atoms with Crippen molar-refractivity contribution in [2.45, 2.75) is 39.3 Å². The minimum Gasteiger partial charge on any atom is -0.355 e. The van der Waals surface area contributed by atoms with Crippen LogP contribution in [0.4, 0.5) is 0 Å². The SMILES string of the molecule is CCC(CC)NCc1ccc(C(=O)NC)cc1. The molecule has 0 fully saturated rings. The summed E-state index contributed by atoms with van der Waals surface area (Å²) >= 11 is 0. The fraction of sp³-hybridized carbons (Fsp3) is 0.500. The molecule has 2 N–H and O–H groups in total. The van der Waals surface area contributed by atoms with Gasteiger partial charge in [0.2, 0.25) is 0 Å². The molecule has 0 aliphatic rings. The summed E-state index contributed by atoms with van der Waals surface area (Å²) in [4.78, 5) is 11.4. The second kappa shape index (κ2) is 7.07. The molecule has 1 rings (SSSR count). The highest BCUT2D eigenvalue weighted by molar-refractivity contribution is 5.93. The van der Waals surface area contributed by atoms with Crippen molar-refractivity contribution < 1.29 is 4.79 Å². The molecule has 0 saturated carbocycles. The lowest BCUT2D eigenvalue weighted by atomic mass is 10.1. The maximum absolute atomic E-state index is 11.4. The molecule has 3 heteroatoms. The summed E-state index contributed by atoms with van der Waals surface area (Å²) in [6, 6.07) is 8.30. The first-order valence-corrected chi connectivity index (χ1v) is 6.25. The molecular formula is C14H22N2O. The largest absolute Gasteiger partial charge is 0.355 e. The van der Waals surface area contributed by atoms with Gasteiger partial charge in [0.25, 0.3) is 5.91 Å². The Balaban J connectivity index is 2.53. The number of carbonyl (C=O) groups excluding carboxylic acids is 1. The van der Waals surface area contributed by atoms with E-state index in [2.05, 4.69) is 24.5 Å². The molecular weight excluding hydrogens is 212 g/mol. The van der Waals surface area contributed by atoms with Crippen LogP contribution in [0.1, 0.15) is 42.6 Å². The summed E-state index contributed by atoms with van der Waals surface area (Å²) in [5.74, 6) is -0.0375. The van der Waals surface area contributed by atoms with Gasteiger partial charge in [-0.3, -0.25) is 4.79 Å². The van der Waals surface area contributed by atoms with Crippen LogP contribution >= 0.6 is 0 Å². The maximum atomic E-state index is 11.4. The Morgan fingerprint density at radius 2 is 1.76 bits per heavy atom. The average molecular weight is 234 g/mol. The standard InChI is InChI=1S/C14H22N2O/c1-4-13(5-2)16-10-11-6-8-12(9-7-11)14(17)15-3/h6-9,13,16H,4-5,10H2,1-3H3,(H,15,17). The van der Waals surface area contributed by atoms with E-state index in [1.54, 1.807) is 7.05 Å². The first kappa shape index (κ1) is 13.7. The van der Waals surface area contributed by atoms with Gasteiger partial charge in [0.1, 0.15) is 0 Å². The monoisotopic (exact) mass is 234 g/mol. The lowest BCUT2D eigenvalue weighted by molar-refractivity contribution is 0.0963. The molecule has 0 spiro atoms.